The molecular weight excluding hydrogens is 382 g/mol. The molecule has 30 heavy (non-hydrogen) atoms. The summed E-state index contributed by atoms with van der Waals surface area (Å²) in [6.45, 7) is 7.18. The highest BCUT2D eigenvalue weighted by Gasteiger charge is 2.32. The van der Waals surface area contributed by atoms with Crippen LogP contribution in [0.2, 0.25) is 0 Å². The highest BCUT2D eigenvalue weighted by atomic mass is 16.3. The van der Waals surface area contributed by atoms with Gasteiger partial charge < -0.3 is 25.5 Å². The van der Waals surface area contributed by atoms with Crippen molar-refractivity contribution in [3.63, 3.8) is 0 Å². The maximum atomic E-state index is 12.9. The molecule has 8 heteroatoms. The molecule has 1 fully saturated rings. The fourth-order valence-electron chi connectivity index (χ4n) is 3.81. The van der Waals surface area contributed by atoms with Gasteiger partial charge >= 0.3 is 0 Å². The minimum absolute atomic E-state index is 0.0192. The summed E-state index contributed by atoms with van der Waals surface area (Å²) in [7, 11) is 0. The van der Waals surface area contributed by atoms with Crippen LogP contribution >= 0.6 is 0 Å². The fourth-order valence-corrected chi connectivity index (χ4v) is 3.81. The minimum Gasteiger partial charge on any atom is -0.459 e. The third-order valence-electron chi connectivity index (χ3n) is 5.54. The van der Waals surface area contributed by atoms with Gasteiger partial charge in [-0.3, -0.25) is 9.78 Å². The average molecular weight is 409 g/mol. The number of nitrogens with two attached hydrogens (primary N) is 1. The van der Waals surface area contributed by atoms with Gasteiger partial charge in [-0.1, -0.05) is 20.8 Å². The van der Waals surface area contributed by atoms with Crippen molar-refractivity contribution in [3.05, 3.63) is 48.1 Å². The zero-order valence-electron chi connectivity index (χ0n) is 17.4. The Morgan fingerprint density at radius 3 is 2.87 bits per heavy atom. The van der Waals surface area contributed by atoms with Gasteiger partial charge in [0.2, 0.25) is 0 Å². The third-order valence-corrected chi connectivity index (χ3v) is 5.54. The first-order valence-electron chi connectivity index (χ1n) is 10.2. The second-order valence-corrected chi connectivity index (χ2v) is 8.27. The Hall–Kier alpha value is -2.97. The van der Waals surface area contributed by atoms with Gasteiger partial charge in [0.25, 0.3) is 5.91 Å². The van der Waals surface area contributed by atoms with E-state index in [1.54, 1.807) is 24.5 Å². The SMILES string of the molecule is CC(C)c1cc2nc(C(=O)Nc3cnccc3N3C[C@@H](N)[C@H](O)[C@@H](C)C3)ccc2o1. The maximum Gasteiger partial charge on any atom is 0.274 e. The predicted octanol–water partition coefficient (Wildman–Crippen LogP) is 2.74. The van der Waals surface area contributed by atoms with E-state index in [-0.39, 0.29) is 23.8 Å². The van der Waals surface area contributed by atoms with Crippen molar-refractivity contribution in [2.45, 2.75) is 38.8 Å². The number of aromatic nitrogens is 2. The van der Waals surface area contributed by atoms with Crippen LogP contribution in [0.15, 0.2) is 41.1 Å². The van der Waals surface area contributed by atoms with Gasteiger partial charge in [-0.25, -0.2) is 4.98 Å². The van der Waals surface area contributed by atoms with Crippen LogP contribution < -0.4 is 16.0 Å². The molecule has 0 spiro atoms. The van der Waals surface area contributed by atoms with Gasteiger partial charge in [0, 0.05) is 43.2 Å². The average Bonchev–Trinajstić information content (AvgIpc) is 3.16. The standard InChI is InChI=1S/C22H27N5O3/c1-12(2)20-8-16-19(30-20)5-4-15(25-16)22(29)26-17-9-24-7-6-18(17)27-10-13(3)21(28)14(23)11-27/h4-9,12-14,21,28H,10-11,23H2,1-3H3,(H,26,29)/t13-,14+,21+/m0/s1. The molecule has 4 rings (SSSR count). The predicted molar refractivity (Wildman–Crippen MR) is 116 cm³/mol. The van der Waals surface area contributed by atoms with Gasteiger partial charge in [-0.05, 0) is 18.2 Å². The van der Waals surface area contributed by atoms with Crippen molar-refractivity contribution in [1.29, 1.82) is 0 Å². The van der Waals surface area contributed by atoms with E-state index in [9.17, 15) is 9.90 Å². The summed E-state index contributed by atoms with van der Waals surface area (Å²) in [6.07, 6.45) is 2.75. The van der Waals surface area contributed by atoms with E-state index in [4.69, 9.17) is 10.2 Å². The van der Waals surface area contributed by atoms with Crippen LogP contribution in [0.1, 0.15) is 42.9 Å². The van der Waals surface area contributed by atoms with Crippen LogP contribution in [0, 0.1) is 5.92 Å². The monoisotopic (exact) mass is 409 g/mol. The highest BCUT2D eigenvalue weighted by molar-refractivity contribution is 6.05. The molecule has 1 amide bonds. The molecule has 0 bridgehead atoms. The maximum absolute atomic E-state index is 12.9. The van der Waals surface area contributed by atoms with Gasteiger partial charge in [-0.2, -0.15) is 0 Å². The molecule has 3 aromatic heterocycles. The summed E-state index contributed by atoms with van der Waals surface area (Å²) in [4.78, 5) is 23.6. The molecule has 158 valence electrons. The first-order chi connectivity index (χ1) is 14.3. The Bertz CT molecular complexity index is 1050. The van der Waals surface area contributed by atoms with E-state index in [1.165, 1.54) is 0 Å². The van der Waals surface area contributed by atoms with E-state index in [2.05, 4.69) is 20.2 Å². The van der Waals surface area contributed by atoms with Crippen molar-refractivity contribution in [1.82, 2.24) is 9.97 Å². The van der Waals surface area contributed by atoms with E-state index in [0.29, 0.717) is 35.6 Å². The lowest BCUT2D eigenvalue weighted by molar-refractivity contribution is 0.0785. The Morgan fingerprint density at radius 1 is 1.33 bits per heavy atom. The number of hydrogen-bond donors (Lipinski definition) is 3. The summed E-state index contributed by atoms with van der Waals surface area (Å²) >= 11 is 0. The van der Waals surface area contributed by atoms with Crippen molar-refractivity contribution in [2.24, 2.45) is 11.7 Å². The number of furan rings is 1. The van der Waals surface area contributed by atoms with Crippen molar-refractivity contribution in [3.8, 4) is 0 Å². The summed E-state index contributed by atoms with van der Waals surface area (Å²) in [5.41, 5.74) is 9.11. The Morgan fingerprint density at radius 2 is 2.13 bits per heavy atom. The molecule has 3 atom stereocenters. The van der Waals surface area contributed by atoms with Crippen LogP contribution in [0.25, 0.3) is 11.1 Å². The molecule has 1 aliphatic rings. The number of aliphatic hydroxyl groups is 1. The number of carbonyl (C=O) groups is 1. The van der Waals surface area contributed by atoms with E-state index < -0.39 is 6.10 Å². The van der Waals surface area contributed by atoms with Gasteiger partial charge in [0.15, 0.2) is 5.58 Å². The van der Waals surface area contributed by atoms with Crippen LogP contribution in [0.3, 0.4) is 0 Å². The molecule has 4 N–H and O–H groups in total. The Balaban J connectivity index is 1.57. The molecule has 0 aromatic carbocycles. The second kappa shape index (κ2) is 8.04. The molecule has 3 aromatic rings. The third kappa shape index (κ3) is 3.88. The molecular formula is C22H27N5O3. The summed E-state index contributed by atoms with van der Waals surface area (Å²) in [5.74, 6) is 0.771. The summed E-state index contributed by atoms with van der Waals surface area (Å²) in [5, 5.41) is 13.1. The Kier molecular flexibility index (Phi) is 5.44. The first kappa shape index (κ1) is 20.3. The molecule has 4 heterocycles. The minimum atomic E-state index is -0.539. The number of piperidine rings is 1. The number of carbonyl (C=O) groups excluding carboxylic acids is 1. The molecule has 0 unspecified atom stereocenters. The van der Waals surface area contributed by atoms with E-state index >= 15 is 0 Å². The molecule has 0 aliphatic carbocycles. The fraction of sp³-hybridized carbons (Fsp3) is 0.409. The smallest absolute Gasteiger partial charge is 0.274 e. The second-order valence-electron chi connectivity index (χ2n) is 8.27. The van der Waals surface area contributed by atoms with Crippen molar-refractivity contribution >= 4 is 28.4 Å². The first-order valence-corrected chi connectivity index (χ1v) is 10.2. The number of nitrogens with one attached hydrogen (secondary N) is 1. The number of amides is 1. The lowest BCUT2D eigenvalue weighted by Crippen LogP contribution is -2.55. The van der Waals surface area contributed by atoms with Crippen LogP contribution in [0.4, 0.5) is 11.4 Å². The molecule has 0 saturated carbocycles. The molecule has 0 radical (unpaired) electrons. The quantitative estimate of drug-likeness (QED) is 0.606. The number of pyridine rings is 2. The lowest BCUT2D eigenvalue weighted by atomic mass is 9.92. The zero-order chi connectivity index (χ0) is 21.4. The van der Waals surface area contributed by atoms with Crippen LogP contribution in [0.5, 0.6) is 0 Å². The van der Waals surface area contributed by atoms with Gasteiger partial charge in [-0.15, -0.1) is 0 Å². The zero-order valence-corrected chi connectivity index (χ0v) is 17.4. The molecule has 1 saturated heterocycles. The number of rotatable bonds is 4. The number of aliphatic hydroxyl groups excluding tert-OH is 1. The highest BCUT2D eigenvalue weighted by Crippen LogP contribution is 2.30. The number of hydrogen-bond acceptors (Lipinski definition) is 7. The van der Waals surface area contributed by atoms with Crippen LogP contribution in [-0.2, 0) is 0 Å². The Labute approximate surface area is 175 Å². The summed E-state index contributed by atoms with van der Waals surface area (Å²) in [6, 6.07) is 6.77. The molecule has 8 nitrogen and oxygen atoms in total. The van der Waals surface area contributed by atoms with Gasteiger partial charge in [0.05, 0.1) is 23.7 Å². The summed E-state index contributed by atoms with van der Waals surface area (Å²) < 4.78 is 5.77. The largest absolute Gasteiger partial charge is 0.459 e. The number of anilines is 2. The van der Waals surface area contributed by atoms with E-state index in [0.717, 1.165) is 11.4 Å². The number of fused-ring (bicyclic) bond motifs is 1. The molecule has 1 aliphatic heterocycles. The van der Waals surface area contributed by atoms with Crippen LogP contribution in [-0.4, -0.2) is 46.2 Å². The van der Waals surface area contributed by atoms with E-state index in [1.807, 2.05) is 32.9 Å². The topological polar surface area (TPSA) is 118 Å². The van der Waals surface area contributed by atoms with Gasteiger partial charge in [0.1, 0.15) is 17.0 Å². The van der Waals surface area contributed by atoms with Crippen molar-refractivity contribution < 1.29 is 14.3 Å². The number of nitrogens with zero attached hydrogens (tertiary/aromatic N) is 3. The normalized spacial score (nSPS) is 21.9. The van der Waals surface area contributed by atoms with Crippen molar-refractivity contribution in [2.75, 3.05) is 23.3 Å². The lowest BCUT2D eigenvalue weighted by Gasteiger charge is -2.40.